The van der Waals surface area contributed by atoms with E-state index in [-0.39, 0.29) is 11.2 Å². The second-order valence-electron chi connectivity index (χ2n) is 5.80. The van der Waals surface area contributed by atoms with Crippen molar-refractivity contribution >= 4 is 0 Å². The van der Waals surface area contributed by atoms with E-state index in [1.807, 2.05) is 6.92 Å². The Balaban J connectivity index is 1.94. The monoisotopic (exact) mass is 279 g/mol. The Morgan fingerprint density at radius 3 is 2.85 bits per heavy atom. The van der Waals surface area contributed by atoms with Crippen LogP contribution >= 0.6 is 0 Å². The minimum atomic E-state index is -0.210. The van der Waals surface area contributed by atoms with Gasteiger partial charge in [0.05, 0.1) is 0 Å². The molecule has 20 heavy (non-hydrogen) atoms. The molecule has 0 spiro atoms. The van der Waals surface area contributed by atoms with Gasteiger partial charge in [-0.15, -0.1) is 0 Å². The van der Waals surface area contributed by atoms with Crippen molar-refractivity contribution in [2.75, 3.05) is 6.54 Å². The van der Waals surface area contributed by atoms with Crippen LogP contribution in [0.5, 0.6) is 0 Å². The highest BCUT2D eigenvalue weighted by atomic mass is 16.2. The molecule has 5 nitrogen and oxygen atoms in total. The van der Waals surface area contributed by atoms with Crippen LogP contribution in [-0.4, -0.2) is 21.7 Å². The topological polar surface area (TPSA) is 56.0 Å². The summed E-state index contributed by atoms with van der Waals surface area (Å²) < 4.78 is 2.88. The Labute approximate surface area is 119 Å². The first-order chi connectivity index (χ1) is 9.61. The number of rotatable bonds is 5. The fourth-order valence-corrected chi connectivity index (χ4v) is 3.00. The Kier molecular flexibility index (Phi) is 5.17. The van der Waals surface area contributed by atoms with E-state index in [9.17, 15) is 9.59 Å². The molecule has 1 N–H and O–H groups in total. The van der Waals surface area contributed by atoms with Crippen LogP contribution in [0.3, 0.4) is 0 Å². The van der Waals surface area contributed by atoms with Gasteiger partial charge in [-0.2, -0.15) is 0 Å². The Bertz CT molecular complexity index is 547. The van der Waals surface area contributed by atoms with Gasteiger partial charge in [0.1, 0.15) is 0 Å². The fraction of sp³-hybridized carbons (Fsp3) is 0.733. The van der Waals surface area contributed by atoms with Crippen LogP contribution in [0.4, 0.5) is 0 Å². The number of nitrogens with one attached hydrogen (secondary N) is 1. The average Bonchev–Trinajstić information content (AvgIpc) is 2.43. The third-order valence-electron chi connectivity index (χ3n) is 4.19. The first-order valence-electron chi connectivity index (χ1n) is 7.65. The number of hydrogen-bond acceptors (Lipinski definition) is 3. The Hall–Kier alpha value is -1.36. The van der Waals surface area contributed by atoms with Gasteiger partial charge in [0, 0.05) is 37.9 Å². The zero-order valence-electron chi connectivity index (χ0n) is 12.5. The summed E-state index contributed by atoms with van der Waals surface area (Å²) in [6.07, 6.45) is 6.55. The zero-order chi connectivity index (χ0) is 14.5. The van der Waals surface area contributed by atoms with E-state index in [1.165, 1.54) is 36.3 Å². The molecule has 2 atom stereocenters. The van der Waals surface area contributed by atoms with Gasteiger partial charge in [0.2, 0.25) is 0 Å². The van der Waals surface area contributed by atoms with E-state index in [0.717, 1.165) is 5.92 Å². The van der Waals surface area contributed by atoms with E-state index >= 15 is 0 Å². The molecule has 1 fully saturated rings. The van der Waals surface area contributed by atoms with Gasteiger partial charge >= 0.3 is 5.69 Å². The third kappa shape index (κ3) is 3.60. The second kappa shape index (κ2) is 6.88. The summed E-state index contributed by atoms with van der Waals surface area (Å²) in [7, 11) is 0. The predicted molar refractivity (Wildman–Crippen MR) is 80.1 cm³/mol. The van der Waals surface area contributed by atoms with Crippen molar-refractivity contribution < 1.29 is 0 Å². The van der Waals surface area contributed by atoms with Crippen LogP contribution in [-0.2, 0) is 13.1 Å². The van der Waals surface area contributed by atoms with Crippen molar-refractivity contribution in [2.45, 2.75) is 58.7 Å². The first-order valence-corrected chi connectivity index (χ1v) is 7.65. The van der Waals surface area contributed by atoms with Crippen molar-refractivity contribution in [3.8, 4) is 0 Å². The van der Waals surface area contributed by atoms with Crippen molar-refractivity contribution in [3.63, 3.8) is 0 Å². The molecule has 1 aromatic rings. The maximum Gasteiger partial charge on any atom is 0.330 e. The van der Waals surface area contributed by atoms with E-state index in [4.69, 9.17) is 0 Å². The number of aromatic nitrogens is 2. The lowest BCUT2D eigenvalue weighted by molar-refractivity contribution is 0.298. The molecule has 1 saturated carbocycles. The fourth-order valence-electron chi connectivity index (χ4n) is 3.00. The molecule has 2 unspecified atom stereocenters. The molecule has 2 rings (SSSR count). The van der Waals surface area contributed by atoms with Crippen molar-refractivity contribution in [1.29, 1.82) is 0 Å². The minimum absolute atomic E-state index is 0.209. The highest BCUT2D eigenvalue weighted by Gasteiger charge is 2.18. The SMILES string of the molecule is CCn1ccc(=O)n(CCNC2CCCC(C)C2)c1=O. The lowest BCUT2D eigenvalue weighted by Crippen LogP contribution is -2.43. The molecule has 0 saturated heterocycles. The highest BCUT2D eigenvalue weighted by molar-refractivity contribution is 4.86. The summed E-state index contributed by atoms with van der Waals surface area (Å²) >= 11 is 0. The van der Waals surface area contributed by atoms with Gasteiger partial charge < -0.3 is 9.88 Å². The van der Waals surface area contributed by atoms with Gasteiger partial charge in [-0.1, -0.05) is 19.8 Å². The van der Waals surface area contributed by atoms with E-state index in [2.05, 4.69) is 12.2 Å². The number of hydrogen-bond donors (Lipinski definition) is 1. The van der Waals surface area contributed by atoms with Crippen LogP contribution in [0, 0.1) is 5.92 Å². The summed E-state index contributed by atoms with van der Waals surface area (Å²) in [6, 6.07) is 2.00. The third-order valence-corrected chi connectivity index (χ3v) is 4.19. The van der Waals surface area contributed by atoms with Gasteiger partial charge in [-0.3, -0.25) is 9.36 Å². The van der Waals surface area contributed by atoms with E-state index in [0.29, 0.717) is 25.7 Å². The molecule has 1 aliphatic carbocycles. The van der Waals surface area contributed by atoms with Gasteiger partial charge in [-0.25, -0.2) is 4.79 Å². The molecule has 1 heterocycles. The summed E-state index contributed by atoms with van der Waals surface area (Å²) in [5, 5.41) is 3.48. The largest absolute Gasteiger partial charge is 0.330 e. The van der Waals surface area contributed by atoms with Crippen LogP contribution in [0.2, 0.25) is 0 Å². The molecule has 0 bridgehead atoms. The quantitative estimate of drug-likeness (QED) is 0.881. The summed E-state index contributed by atoms with van der Waals surface area (Å²) in [6.45, 7) is 5.91. The van der Waals surface area contributed by atoms with Gasteiger partial charge in [0.15, 0.2) is 0 Å². The second-order valence-corrected chi connectivity index (χ2v) is 5.80. The Morgan fingerprint density at radius 1 is 1.35 bits per heavy atom. The maximum atomic E-state index is 12.1. The molecule has 0 aromatic carbocycles. The highest BCUT2D eigenvalue weighted by Crippen LogP contribution is 2.23. The normalized spacial score (nSPS) is 22.9. The van der Waals surface area contributed by atoms with Crippen molar-refractivity contribution in [2.24, 2.45) is 5.92 Å². The molecular formula is C15H25N3O2. The van der Waals surface area contributed by atoms with E-state index < -0.39 is 0 Å². The minimum Gasteiger partial charge on any atom is -0.312 e. The molecular weight excluding hydrogens is 254 g/mol. The van der Waals surface area contributed by atoms with Gasteiger partial charge in [-0.05, 0) is 25.7 Å². The van der Waals surface area contributed by atoms with Crippen molar-refractivity contribution in [3.05, 3.63) is 33.1 Å². The molecule has 1 aliphatic rings. The van der Waals surface area contributed by atoms with Crippen LogP contribution in [0.15, 0.2) is 21.9 Å². The molecule has 0 amide bonds. The van der Waals surface area contributed by atoms with Crippen LogP contribution < -0.4 is 16.6 Å². The summed E-state index contributed by atoms with van der Waals surface area (Å²) in [5.74, 6) is 0.776. The molecule has 0 aliphatic heterocycles. The van der Waals surface area contributed by atoms with Crippen molar-refractivity contribution in [1.82, 2.24) is 14.5 Å². The van der Waals surface area contributed by atoms with Crippen LogP contribution in [0.25, 0.3) is 0 Å². The molecule has 0 radical (unpaired) electrons. The lowest BCUT2D eigenvalue weighted by atomic mass is 9.87. The standard InChI is InChI=1S/C15H25N3O2/c1-3-17-9-7-14(19)18(15(17)20)10-8-16-13-6-4-5-12(2)11-13/h7,9,12-13,16H,3-6,8,10-11H2,1-2H3. The maximum absolute atomic E-state index is 12.1. The molecule has 112 valence electrons. The van der Waals surface area contributed by atoms with Crippen LogP contribution in [0.1, 0.15) is 39.5 Å². The molecule has 1 aromatic heterocycles. The molecule has 5 heteroatoms. The average molecular weight is 279 g/mol. The first kappa shape index (κ1) is 15.0. The van der Waals surface area contributed by atoms with E-state index in [1.54, 1.807) is 10.8 Å². The Morgan fingerprint density at radius 2 is 2.15 bits per heavy atom. The lowest BCUT2D eigenvalue weighted by Gasteiger charge is -2.27. The predicted octanol–water partition coefficient (Wildman–Crippen LogP) is 1.20. The smallest absolute Gasteiger partial charge is 0.312 e. The van der Waals surface area contributed by atoms with Gasteiger partial charge in [0.25, 0.3) is 5.56 Å². The zero-order valence-corrected chi connectivity index (χ0v) is 12.5. The summed E-state index contributed by atoms with van der Waals surface area (Å²) in [5.41, 5.74) is -0.419. The number of aryl methyl sites for hydroxylation is 1. The number of nitrogens with zero attached hydrogens (tertiary/aromatic N) is 2. The summed E-state index contributed by atoms with van der Waals surface area (Å²) in [4.78, 5) is 23.8.